The Labute approximate surface area is 141 Å². The van der Waals surface area contributed by atoms with Gasteiger partial charge < -0.3 is 14.6 Å². The van der Waals surface area contributed by atoms with Gasteiger partial charge in [0.2, 0.25) is 0 Å². The quantitative estimate of drug-likeness (QED) is 0.488. The summed E-state index contributed by atoms with van der Waals surface area (Å²) in [5.41, 5.74) is 1.01. The maximum Gasteiger partial charge on any atom is 0.343 e. The molecule has 0 aliphatic rings. The van der Waals surface area contributed by atoms with E-state index in [0.717, 1.165) is 6.08 Å². The summed E-state index contributed by atoms with van der Waals surface area (Å²) in [5, 5.41) is 8.67. The second-order valence-corrected chi connectivity index (χ2v) is 5.32. The van der Waals surface area contributed by atoms with Crippen LogP contribution in [0.5, 0.6) is 11.5 Å². The lowest BCUT2D eigenvalue weighted by Crippen LogP contribution is -2.09. The van der Waals surface area contributed by atoms with Crippen LogP contribution in [0.1, 0.15) is 15.9 Å². The van der Waals surface area contributed by atoms with Crippen molar-refractivity contribution in [3.05, 3.63) is 64.1 Å². The third-order valence-corrected chi connectivity index (χ3v) is 3.46. The number of carbonyl (C=O) groups excluding carboxylic acids is 1. The molecule has 0 fully saturated rings. The van der Waals surface area contributed by atoms with Gasteiger partial charge >= 0.3 is 11.9 Å². The Bertz CT molecular complexity index is 753. The minimum Gasteiger partial charge on any atom is -0.493 e. The summed E-state index contributed by atoms with van der Waals surface area (Å²) in [4.78, 5) is 22.7. The average molecular weight is 377 g/mol. The van der Waals surface area contributed by atoms with Crippen LogP contribution in [0.3, 0.4) is 0 Å². The highest BCUT2D eigenvalue weighted by Crippen LogP contribution is 2.37. The molecule has 0 unspecified atom stereocenters. The molecule has 0 aliphatic carbocycles. The number of esters is 1. The highest BCUT2D eigenvalue weighted by molar-refractivity contribution is 9.10. The highest BCUT2D eigenvalue weighted by Gasteiger charge is 2.16. The Kier molecular flexibility index (Phi) is 5.54. The SMILES string of the molecule is COc1cc(C=CC(=O)O)cc(Br)c1OC(=O)c1ccccc1. The Morgan fingerprint density at radius 3 is 2.48 bits per heavy atom. The molecule has 0 radical (unpaired) electrons. The maximum atomic E-state index is 12.1. The Hall–Kier alpha value is -2.60. The van der Waals surface area contributed by atoms with Crippen LogP contribution in [0, 0.1) is 0 Å². The van der Waals surface area contributed by atoms with Gasteiger partial charge in [-0.25, -0.2) is 9.59 Å². The van der Waals surface area contributed by atoms with E-state index >= 15 is 0 Å². The van der Waals surface area contributed by atoms with Gasteiger partial charge in [0.25, 0.3) is 0 Å². The Morgan fingerprint density at radius 1 is 1.17 bits per heavy atom. The molecule has 118 valence electrons. The second kappa shape index (κ2) is 7.60. The normalized spacial score (nSPS) is 10.5. The lowest BCUT2D eigenvalue weighted by Gasteiger charge is -2.12. The molecule has 0 saturated heterocycles. The number of rotatable bonds is 5. The smallest absolute Gasteiger partial charge is 0.343 e. The topological polar surface area (TPSA) is 72.8 Å². The molecule has 6 heteroatoms. The molecule has 5 nitrogen and oxygen atoms in total. The zero-order chi connectivity index (χ0) is 16.8. The molecule has 0 atom stereocenters. The van der Waals surface area contributed by atoms with E-state index in [4.69, 9.17) is 14.6 Å². The number of carboxylic acid groups (broad SMARTS) is 1. The number of ether oxygens (including phenoxy) is 2. The summed E-state index contributed by atoms with van der Waals surface area (Å²) < 4.78 is 11.1. The molecule has 2 aromatic carbocycles. The number of hydrogen-bond acceptors (Lipinski definition) is 4. The van der Waals surface area contributed by atoms with Crippen LogP contribution in [-0.4, -0.2) is 24.2 Å². The summed E-state index contributed by atoms with van der Waals surface area (Å²) in [5.74, 6) is -1.03. The van der Waals surface area contributed by atoms with E-state index in [-0.39, 0.29) is 5.75 Å². The number of carboxylic acids is 1. The van der Waals surface area contributed by atoms with Crippen molar-refractivity contribution >= 4 is 33.9 Å². The summed E-state index contributed by atoms with van der Waals surface area (Å²) in [6, 6.07) is 11.8. The number of aliphatic carboxylic acids is 1. The number of hydrogen-bond donors (Lipinski definition) is 1. The zero-order valence-electron chi connectivity index (χ0n) is 12.2. The van der Waals surface area contributed by atoms with E-state index in [1.54, 1.807) is 42.5 Å². The van der Waals surface area contributed by atoms with Crippen LogP contribution < -0.4 is 9.47 Å². The van der Waals surface area contributed by atoms with Gasteiger partial charge in [-0.15, -0.1) is 0 Å². The van der Waals surface area contributed by atoms with Crippen LogP contribution >= 0.6 is 15.9 Å². The molecule has 1 N–H and O–H groups in total. The third-order valence-electron chi connectivity index (χ3n) is 2.87. The van der Waals surface area contributed by atoms with Crippen LogP contribution in [0.4, 0.5) is 0 Å². The lowest BCUT2D eigenvalue weighted by atomic mass is 10.2. The van der Waals surface area contributed by atoms with Crippen molar-refractivity contribution in [2.45, 2.75) is 0 Å². The van der Waals surface area contributed by atoms with Crippen molar-refractivity contribution in [2.75, 3.05) is 7.11 Å². The summed E-state index contributed by atoms with van der Waals surface area (Å²) in [6.45, 7) is 0. The fourth-order valence-electron chi connectivity index (χ4n) is 1.83. The Balaban J connectivity index is 2.31. The molecule has 0 aromatic heterocycles. The molecule has 0 heterocycles. The van der Waals surface area contributed by atoms with Crippen molar-refractivity contribution in [1.82, 2.24) is 0 Å². The Morgan fingerprint density at radius 2 is 1.87 bits per heavy atom. The van der Waals surface area contributed by atoms with Gasteiger partial charge in [-0.3, -0.25) is 0 Å². The van der Waals surface area contributed by atoms with E-state index in [1.807, 2.05) is 0 Å². The number of benzene rings is 2. The monoisotopic (exact) mass is 376 g/mol. The molecule has 0 saturated carbocycles. The van der Waals surface area contributed by atoms with Gasteiger partial charge in [-0.2, -0.15) is 0 Å². The van der Waals surface area contributed by atoms with Crippen molar-refractivity contribution in [2.24, 2.45) is 0 Å². The van der Waals surface area contributed by atoms with Gasteiger partial charge in [0.1, 0.15) is 0 Å². The van der Waals surface area contributed by atoms with Crippen molar-refractivity contribution in [3.63, 3.8) is 0 Å². The highest BCUT2D eigenvalue weighted by atomic mass is 79.9. The summed E-state index contributed by atoms with van der Waals surface area (Å²) >= 11 is 3.31. The fourth-order valence-corrected chi connectivity index (χ4v) is 2.37. The summed E-state index contributed by atoms with van der Waals surface area (Å²) in [6.07, 6.45) is 2.43. The average Bonchev–Trinajstić information content (AvgIpc) is 2.55. The largest absolute Gasteiger partial charge is 0.493 e. The number of carbonyl (C=O) groups is 2. The second-order valence-electron chi connectivity index (χ2n) is 4.46. The van der Waals surface area contributed by atoms with E-state index in [2.05, 4.69) is 15.9 Å². The predicted octanol–water partition coefficient (Wildman–Crippen LogP) is 3.77. The first kappa shape index (κ1) is 16.8. The first-order valence-electron chi connectivity index (χ1n) is 6.57. The lowest BCUT2D eigenvalue weighted by molar-refractivity contribution is -0.131. The minimum absolute atomic E-state index is 0.230. The maximum absolute atomic E-state index is 12.1. The molecular weight excluding hydrogens is 364 g/mol. The molecule has 23 heavy (non-hydrogen) atoms. The fraction of sp³-hybridized carbons (Fsp3) is 0.0588. The van der Waals surface area contributed by atoms with Crippen LogP contribution in [0.25, 0.3) is 6.08 Å². The molecular formula is C17H13BrO5. The van der Waals surface area contributed by atoms with Crippen molar-refractivity contribution < 1.29 is 24.2 Å². The zero-order valence-corrected chi connectivity index (χ0v) is 13.7. The molecule has 0 amide bonds. The van der Waals surface area contributed by atoms with Crippen molar-refractivity contribution in [1.29, 1.82) is 0 Å². The molecule has 0 spiro atoms. The number of halogens is 1. The molecule has 0 bridgehead atoms. The van der Waals surface area contributed by atoms with Gasteiger partial charge in [-0.05, 0) is 51.8 Å². The standard InChI is InChI=1S/C17H13BrO5/c1-22-14-10-11(7-8-15(19)20)9-13(18)16(14)23-17(21)12-5-3-2-4-6-12/h2-10H,1H3,(H,19,20). The first-order valence-corrected chi connectivity index (χ1v) is 7.36. The van der Waals surface area contributed by atoms with Gasteiger partial charge in [0, 0.05) is 6.08 Å². The molecule has 2 aromatic rings. The van der Waals surface area contributed by atoms with Gasteiger partial charge in [-0.1, -0.05) is 18.2 Å². The van der Waals surface area contributed by atoms with E-state index in [0.29, 0.717) is 21.3 Å². The van der Waals surface area contributed by atoms with E-state index < -0.39 is 11.9 Å². The number of methoxy groups -OCH3 is 1. The van der Waals surface area contributed by atoms with E-state index in [9.17, 15) is 9.59 Å². The van der Waals surface area contributed by atoms with Crippen LogP contribution in [-0.2, 0) is 4.79 Å². The summed E-state index contributed by atoms with van der Waals surface area (Å²) in [7, 11) is 1.44. The van der Waals surface area contributed by atoms with Crippen LogP contribution in [0.15, 0.2) is 53.0 Å². The molecule has 2 rings (SSSR count). The minimum atomic E-state index is -1.06. The first-order chi connectivity index (χ1) is 11.0. The van der Waals surface area contributed by atoms with Crippen LogP contribution in [0.2, 0.25) is 0 Å². The van der Waals surface area contributed by atoms with Crippen molar-refractivity contribution in [3.8, 4) is 11.5 Å². The van der Waals surface area contributed by atoms with Gasteiger partial charge in [0.15, 0.2) is 11.5 Å². The van der Waals surface area contributed by atoms with E-state index in [1.165, 1.54) is 13.2 Å². The third kappa shape index (κ3) is 4.43. The van der Waals surface area contributed by atoms with Gasteiger partial charge in [0.05, 0.1) is 17.1 Å². The molecule has 0 aliphatic heterocycles. The predicted molar refractivity (Wildman–Crippen MR) is 88.8 cm³/mol.